The van der Waals surface area contributed by atoms with Crippen LogP contribution in [0.15, 0.2) is 41.4 Å². The molecule has 3 N–H and O–H groups in total. The Hall–Kier alpha value is -3.70. The van der Waals surface area contributed by atoms with Gasteiger partial charge in [-0.1, -0.05) is 37.6 Å². The largest absolute Gasteiger partial charge is 0.507 e. The number of nitrogen functional groups attached to an aromatic ring is 1. The summed E-state index contributed by atoms with van der Waals surface area (Å²) in [5.74, 6) is 1.54. The Labute approximate surface area is 180 Å². The van der Waals surface area contributed by atoms with Gasteiger partial charge in [-0.3, -0.25) is 0 Å². The van der Waals surface area contributed by atoms with E-state index in [2.05, 4.69) is 21.5 Å². The molecule has 0 amide bonds. The lowest BCUT2D eigenvalue weighted by atomic mass is 10.0. The van der Waals surface area contributed by atoms with Crippen LogP contribution in [-0.2, 0) is 24.3 Å². The predicted molar refractivity (Wildman–Crippen MR) is 122 cm³/mol. The number of hydrogen-bond donors (Lipinski definition) is 2. The number of aryl methyl sites for hydroxylation is 2. The second-order valence-corrected chi connectivity index (χ2v) is 7.76. The number of aliphatic imine (C=N–C) groups is 1. The van der Waals surface area contributed by atoms with Crippen molar-refractivity contribution in [3.63, 3.8) is 0 Å². The number of benzene rings is 2. The third-order valence-corrected chi connectivity index (χ3v) is 5.54. The molecular formula is C24H25N5O2. The highest BCUT2D eigenvalue weighted by Gasteiger charge is 2.18. The number of pyridine rings is 1. The van der Waals surface area contributed by atoms with Crippen molar-refractivity contribution in [3.05, 3.63) is 58.9 Å². The number of isocyanates is 1. The van der Waals surface area contributed by atoms with E-state index in [1.807, 2.05) is 43.3 Å². The van der Waals surface area contributed by atoms with E-state index >= 15 is 0 Å². The molecule has 0 saturated carbocycles. The van der Waals surface area contributed by atoms with Crippen molar-refractivity contribution in [1.82, 2.24) is 14.5 Å². The van der Waals surface area contributed by atoms with E-state index in [9.17, 15) is 9.90 Å². The van der Waals surface area contributed by atoms with E-state index in [4.69, 9.17) is 10.7 Å². The Kier molecular flexibility index (Phi) is 5.69. The molecule has 4 rings (SSSR count). The minimum atomic E-state index is 0.0944. The molecule has 2 aromatic heterocycles. The predicted octanol–water partition coefficient (Wildman–Crippen LogP) is 4.41. The number of nitrogens with two attached hydrogens (primary N) is 1. The fourth-order valence-corrected chi connectivity index (χ4v) is 4.05. The molecule has 2 aromatic carbocycles. The van der Waals surface area contributed by atoms with E-state index in [1.165, 1.54) is 6.08 Å². The maximum Gasteiger partial charge on any atom is 0.235 e. The Morgan fingerprint density at radius 1 is 1.23 bits per heavy atom. The molecule has 0 bridgehead atoms. The number of unbranched alkanes of at least 4 members (excludes halogenated alkanes) is 1. The average Bonchev–Trinajstić information content (AvgIpc) is 3.12. The molecule has 0 spiro atoms. The molecule has 158 valence electrons. The van der Waals surface area contributed by atoms with Crippen LogP contribution in [0.25, 0.3) is 21.9 Å². The van der Waals surface area contributed by atoms with Gasteiger partial charge in [0.15, 0.2) is 5.82 Å². The SMILES string of the molecule is CCCCc1nc2c(N)nc3ccccc3c2n1Cc1cc(C)c(O)c(CN=C=O)c1. The van der Waals surface area contributed by atoms with Crippen LogP contribution in [0.4, 0.5) is 5.82 Å². The first-order valence-electron chi connectivity index (χ1n) is 10.4. The lowest BCUT2D eigenvalue weighted by Crippen LogP contribution is -2.07. The number of anilines is 1. The van der Waals surface area contributed by atoms with Crippen LogP contribution < -0.4 is 5.73 Å². The lowest BCUT2D eigenvalue weighted by Gasteiger charge is -2.14. The van der Waals surface area contributed by atoms with Gasteiger partial charge in [0.05, 0.1) is 17.6 Å². The van der Waals surface area contributed by atoms with Crippen molar-refractivity contribution in [2.45, 2.75) is 46.2 Å². The van der Waals surface area contributed by atoms with Gasteiger partial charge < -0.3 is 15.4 Å². The highest BCUT2D eigenvalue weighted by Crippen LogP contribution is 2.31. The van der Waals surface area contributed by atoms with Crippen molar-refractivity contribution in [2.24, 2.45) is 4.99 Å². The fraction of sp³-hybridized carbons (Fsp3) is 0.292. The number of aromatic nitrogens is 3. The summed E-state index contributed by atoms with van der Waals surface area (Å²) in [6, 6.07) is 11.8. The summed E-state index contributed by atoms with van der Waals surface area (Å²) in [6.45, 7) is 4.65. The molecule has 2 heterocycles. The quantitative estimate of drug-likeness (QED) is 0.343. The van der Waals surface area contributed by atoms with Gasteiger partial charge in [-0.25, -0.2) is 19.8 Å². The number of hydrogen-bond acceptors (Lipinski definition) is 6. The zero-order valence-electron chi connectivity index (χ0n) is 17.7. The average molecular weight is 415 g/mol. The summed E-state index contributed by atoms with van der Waals surface area (Å²) in [4.78, 5) is 23.6. The van der Waals surface area contributed by atoms with Crippen LogP contribution in [-0.4, -0.2) is 25.7 Å². The van der Waals surface area contributed by atoms with E-state index < -0.39 is 0 Å². The van der Waals surface area contributed by atoms with Gasteiger partial charge in [0, 0.05) is 23.9 Å². The van der Waals surface area contributed by atoms with E-state index in [0.717, 1.165) is 52.6 Å². The van der Waals surface area contributed by atoms with Crippen LogP contribution in [0, 0.1) is 6.92 Å². The summed E-state index contributed by atoms with van der Waals surface area (Å²) in [7, 11) is 0. The Balaban J connectivity index is 1.92. The first kappa shape index (κ1) is 20.6. The molecule has 7 nitrogen and oxygen atoms in total. The molecular weight excluding hydrogens is 390 g/mol. The van der Waals surface area contributed by atoms with Crippen molar-refractivity contribution in [1.29, 1.82) is 0 Å². The maximum absolute atomic E-state index is 10.6. The maximum atomic E-state index is 10.6. The van der Waals surface area contributed by atoms with Gasteiger partial charge in [-0.2, -0.15) is 0 Å². The number of imidazole rings is 1. The Morgan fingerprint density at radius 3 is 2.81 bits per heavy atom. The molecule has 0 fully saturated rings. The number of fused-ring (bicyclic) bond motifs is 3. The Morgan fingerprint density at radius 2 is 2.03 bits per heavy atom. The topological polar surface area (TPSA) is 106 Å². The minimum absolute atomic E-state index is 0.0944. The summed E-state index contributed by atoms with van der Waals surface area (Å²) >= 11 is 0. The van der Waals surface area contributed by atoms with E-state index in [1.54, 1.807) is 0 Å². The first-order valence-corrected chi connectivity index (χ1v) is 10.4. The highest BCUT2D eigenvalue weighted by atomic mass is 16.3. The van der Waals surface area contributed by atoms with Crippen molar-refractivity contribution in [3.8, 4) is 5.75 Å². The number of aromatic hydroxyl groups is 1. The minimum Gasteiger partial charge on any atom is -0.507 e. The zero-order valence-corrected chi connectivity index (χ0v) is 17.7. The zero-order chi connectivity index (χ0) is 22.0. The molecule has 0 saturated heterocycles. The fourth-order valence-electron chi connectivity index (χ4n) is 4.05. The van der Waals surface area contributed by atoms with Gasteiger partial charge in [0.25, 0.3) is 0 Å². The molecule has 0 aliphatic heterocycles. The molecule has 31 heavy (non-hydrogen) atoms. The number of carbonyl (C=O) groups excluding carboxylic acids is 1. The molecule has 0 radical (unpaired) electrons. The van der Waals surface area contributed by atoms with E-state index in [0.29, 0.717) is 23.4 Å². The van der Waals surface area contributed by atoms with Crippen LogP contribution in [0.2, 0.25) is 0 Å². The molecule has 0 unspecified atom stereocenters. The number of nitrogens with zero attached hydrogens (tertiary/aromatic N) is 4. The number of phenolic OH excluding ortho intramolecular Hbond substituents is 1. The number of phenols is 1. The summed E-state index contributed by atoms with van der Waals surface area (Å²) in [6.07, 6.45) is 4.45. The van der Waals surface area contributed by atoms with Crippen molar-refractivity contribution < 1.29 is 9.90 Å². The first-order chi connectivity index (χ1) is 15.0. The van der Waals surface area contributed by atoms with Crippen molar-refractivity contribution >= 4 is 33.8 Å². The van der Waals surface area contributed by atoms with Gasteiger partial charge in [-0.15, -0.1) is 0 Å². The van der Waals surface area contributed by atoms with Gasteiger partial charge in [0.2, 0.25) is 6.08 Å². The van der Waals surface area contributed by atoms with Crippen LogP contribution in [0.1, 0.15) is 42.3 Å². The third kappa shape index (κ3) is 3.88. The molecule has 0 aliphatic rings. The molecule has 7 heteroatoms. The van der Waals surface area contributed by atoms with Crippen LogP contribution in [0.5, 0.6) is 5.75 Å². The van der Waals surface area contributed by atoms with Crippen molar-refractivity contribution in [2.75, 3.05) is 5.73 Å². The monoisotopic (exact) mass is 415 g/mol. The molecule has 0 atom stereocenters. The number of rotatable bonds is 7. The number of para-hydroxylation sites is 1. The second kappa shape index (κ2) is 8.58. The summed E-state index contributed by atoms with van der Waals surface area (Å²) < 4.78 is 2.20. The summed E-state index contributed by atoms with van der Waals surface area (Å²) in [5.41, 5.74) is 11.1. The molecule has 4 aromatic rings. The van der Waals surface area contributed by atoms with Crippen LogP contribution >= 0.6 is 0 Å². The Bertz CT molecular complexity index is 1320. The van der Waals surface area contributed by atoms with Crippen LogP contribution in [0.3, 0.4) is 0 Å². The standard InChI is InChI=1S/C24H25N5O2/c1-3-4-9-20-28-21-22(18-7-5-6-8-19(18)27-24(21)25)29(20)13-16-10-15(2)23(31)17(11-16)12-26-14-30/h5-8,10-11,31H,3-4,9,12-13H2,1-2H3,(H2,25,27). The molecule has 0 aliphatic carbocycles. The third-order valence-electron chi connectivity index (χ3n) is 5.54. The lowest BCUT2D eigenvalue weighted by molar-refractivity contribution is 0.463. The van der Waals surface area contributed by atoms with Gasteiger partial charge in [-0.05, 0) is 36.6 Å². The smallest absolute Gasteiger partial charge is 0.235 e. The van der Waals surface area contributed by atoms with Gasteiger partial charge >= 0.3 is 0 Å². The van der Waals surface area contributed by atoms with E-state index in [-0.39, 0.29) is 12.3 Å². The highest BCUT2D eigenvalue weighted by molar-refractivity contribution is 6.06. The van der Waals surface area contributed by atoms with Gasteiger partial charge in [0.1, 0.15) is 17.1 Å². The second-order valence-electron chi connectivity index (χ2n) is 7.76. The summed E-state index contributed by atoms with van der Waals surface area (Å²) in [5, 5.41) is 11.4. The normalized spacial score (nSPS) is 11.2.